The number of amides is 1. The Hall–Kier alpha value is -3.13. The number of rotatable bonds is 4. The van der Waals surface area contributed by atoms with Crippen LogP contribution in [-0.4, -0.2) is 29.9 Å². The third-order valence-electron chi connectivity index (χ3n) is 3.88. The second kappa shape index (κ2) is 7.63. The van der Waals surface area contributed by atoms with Crippen molar-refractivity contribution in [2.75, 3.05) is 12.4 Å². The van der Waals surface area contributed by atoms with Gasteiger partial charge in [-0.2, -0.15) is 0 Å². The Labute approximate surface area is 156 Å². The number of hydrogen-bond acceptors (Lipinski definition) is 7. The minimum absolute atomic E-state index is 0.0204. The molecule has 1 amide bonds. The van der Waals surface area contributed by atoms with Crippen molar-refractivity contribution in [3.05, 3.63) is 53.3 Å². The van der Waals surface area contributed by atoms with E-state index < -0.39 is 17.8 Å². The molecule has 1 N–H and O–H groups in total. The number of fused-ring (bicyclic) bond motifs is 1. The lowest BCUT2D eigenvalue weighted by Gasteiger charge is -2.33. The molecule has 0 aliphatic carbocycles. The minimum Gasteiger partial charge on any atom is -0.464 e. The minimum atomic E-state index is -0.941. The Morgan fingerprint density at radius 3 is 2.70 bits per heavy atom. The highest BCUT2D eigenvalue weighted by molar-refractivity contribution is 5.93. The predicted molar refractivity (Wildman–Crippen MR) is 95.3 cm³/mol. The fourth-order valence-corrected chi connectivity index (χ4v) is 2.52. The van der Waals surface area contributed by atoms with Gasteiger partial charge in [0.2, 0.25) is 5.79 Å². The maximum atomic E-state index is 12.1. The summed E-state index contributed by atoms with van der Waals surface area (Å²) in [5, 5.41) is 2.62. The average molecular weight is 372 g/mol. The van der Waals surface area contributed by atoms with Crippen LogP contribution in [0.25, 0.3) is 0 Å². The molecule has 8 nitrogen and oxygen atoms in total. The highest BCUT2D eigenvalue weighted by atomic mass is 16.7. The normalized spacial score (nSPS) is 14.5. The zero-order valence-electron chi connectivity index (χ0n) is 15.3. The maximum absolute atomic E-state index is 12.1. The van der Waals surface area contributed by atoms with Gasteiger partial charge in [0.25, 0.3) is 0 Å². The van der Waals surface area contributed by atoms with E-state index in [4.69, 9.17) is 18.9 Å². The summed E-state index contributed by atoms with van der Waals surface area (Å²) in [6, 6.07) is 9.31. The zero-order chi connectivity index (χ0) is 19.4. The number of aromatic nitrogens is 1. The topological polar surface area (TPSA) is 96.0 Å². The second-order valence-corrected chi connectivity index (χ2v) is 6.30. The van der Waals surface area contributed by atoms with Crippen molar-refractivity contribution in [2.24, 2.45) is 0 Å². The van der Waals surface area contributed by atoms with E-state index in [1.54, 1.807) is 13.8 Å². The molecule has 1 aromatic carbocycles. The number of carbonyl (C=O) groups is 2. The molecule has 1 aliphatic rings. The molecule has 0 atom stereocenters. The van der Waals surface area contributed by atoms with Crippen molar-refractivity contribution >= 4 is 17.7 Å². The van der Waals surface area contributed by atoms with Gasteiger partial charge in [-0.25, -0.2) is 14.6 Å². The summed E-state index contributed by atoms with van der Waals surface area (Å²) >= 11 is 0. The number of ether oxygens (including phenoxy) is 4. The second-order valence-electron chi connectivity index (χ2n) is 6.30. The summed E-state index contributed by atoms with van der Waals surface area (Å²) in [6.07, 6.45) is 0.693. The Morgan fingerprint density at radius 1 is 1.26 bits per heavy atom. The van der Waals surface area contributed by atoms with E-state index in [0.29, 0.717) is 11.3 Å². The van der Waals surface area contributed by atoms with E-state index in [2.05, 4.69) is 10.3 Å². The molecule has 0 radical (unpaired) electrons. The molecule has 0 unspecified atom stereocenters. The van der Waals surface area contributed by atoms with Gasteiger partial charge in [-0.15, -0.1) is 0 Å². The number of esters is 1. The largest absolute Gasteiger partial charge is 0.464 e. The molecule has 0 bridgehead atoms. The number of carbonyl (C=O) groups excluding carboxylic acids is 2. The number of anilines is 1. The molecule has 0 saturated heterocycles. The monoisotopic (exact) mass is 372 g/mol. The van der Waals surface area contributed by atoms with Crippen molar-refractivity contribution in [3.8, 4) is 5.75 Å². The van der Waals surface area contributed by atoms with Crippen LogP contribution < -0.4 is 10.1 Å². The first-order valence-electron chi connectivity index (χ1n) is 8.30. The number of hydrogen-bond donors (Lipinski definition) is 1. The zero-order valence-corrected chi connectivity index (χ0v) is 15.3. The summed E-state index contributed by atoms with van der Waals surface area (Å²) < 4.78 is 21.3. The lowest BCUT2D eigenvalue weighted by Crippen LogP contribution is -2.37. The van der Waals surface area contributed by atoms with E-state index in [9.17, 15) is 9.59 Å². The van der Waals surface area contributed by atoms with E-state index in [-0.39, 0.29) is 24.7 Å². The van der Waals surface area contributed by atoms with Gasteiger partial charge >= 0.3 is 12.1 Å². The van der Waals surface area contributed by atoms with Crippen LogP contribution in [-0.2, 0) is 27.4 Å². The highest BCUT2D eigenvalue weighted by Crippen LogP contribution is 2.37. The van der Waals surface area contributed by atoms with Crippen LogP contribution in [0.5, 0.6) is 5.75 Å². The molecule has 8 heteroatoms. The molecule has 0 spiro atoms. The summed E-state index contributed by atoms with van der Waals surface area (Å²) in [7, 11) is 1.26. The van der Waals surface area contributed by atoms with Gasteiger partial charge in [0.1, 0.15) is 6.61 Å². The van der Waals surface area contributed by atoms with Crippen molar-refractivity contribution in [2.45, 2.75) is 32.8 Å². The van der Waals surface area contributed by atoms with Crippen molar-refractivity contribution < 1.29 is 28.5 Å². The molecule has 142 valence electrons. The smallest absolute Gasteiger partial charge is 0.412 e. The SMILES string of the molecule is COC(=O)c1ncc(NC(=O)OCc2ccccc2)c2c1OC(C)(C)OC2. The van der Waals surface area contributed by atoms with Crippen LogP contribution in [0.2, 0.25) is 0 Å². The van der Waals surface area contributed by atoms with Gasteiger partial charge in [0.15, 0.2) is 11.4 Å². The van der Waals surface area contributed by atoms with Crippen molar-refractivity contribution in [3.63, 3.8) is 0 Å². The van der Waals surface area contributed by atoms with Gasteiger partial charge in [-0.1, -0.05) is 30.3 Å². The first-order chi connectivity index (χ1) is 12.9. The number of benzene rings is 1. The Kier molecular flexibility index (Phi) is 5.27. The molecule has 0 saturated carbocycles. The number of nitrogens with zero attached hydrogens (tertiary/aromatic N) is 1. The van der Waals surface area contributed by atoms with E-state index in [1.165, 1.54) is 13.3 Å². The standard InChI is InChI=1S/C19H20N2O6/c1-19(2)26-11-13-14(9-20-15(16(13)27-19)17(22)24-3)21-18(23)25-10-12-7-5-4-6-8-12/h4-9H,10-11H2,1-3H3,(H,21,23). The molecule has 3 rings (SSSR count). The lowest BCUT2D eigenvalue weighted by atomic mass is 10.1. The number of methoxy groups -OCH3 is 1. The van der Waals surface area contributed by atoms with Crippen molar-refractivity contribution in [1.82, 2.24) is 4.98 Å². The Bertz CT molecular complexity index is 851. The van der Waals surface area contributed by atoms with Crippen LogP contribution in [0.15, 0.2) is 36.5 Å². The Balaban J connectivity index is 1.79. The molecule has 2 heterocycles. The van der Waals surface area contributed by atoms with Gasteiger partial charge in [0, 0.05) is 19.4 Å². The van der Waals surface area contributed by atoms with Crippen LogP contribution in [0, 0.1) is 0 Å². The van der Waals surface area contributed by atoms with E-state index in [1.807, 2.05) is 30.3 Å². The molecular formula is C19H20N2O6. The number of pyridine rings is 1. The van der Waals surface area contributed by atoms with Crippen LogP contribution >= 0.6 is 0 Å². The first kappa shape index (κ1) is 18.7. The van der Waals surface area contributed by atoms with Gasteiger partial charge in [0.05, 0.1) is 25.6 Å². The highest BCUT2D eigenvalue weighted by Gasteiger charge is 2.34. The fourth-order valence-electron chi connectivity index (χ4n) is 2.52. The van der Waals surface area contributed by atoms with Crippen LogP contribution in [0.4, 0.5) is 10.5 Å². The van der Waals surface area contributed by atoms with Crippen LogP contribution in [0.1, 0.15) is 35.5 Å². The molecule has 1 aromatic heterocycles. The quantitative estimate of drug-likeness (QED) is 0.823. The molecule has 1 aliphatic heterocycles. The van der Waals surface area contributed by atoms with Crippen molar-refractivity contribution in [1.29, 1.82) is 0 Å². The van der Waals surface area contributed by atoms with E-state index >= 15 is 0 Å². The van der Waals surface area contributed by atoms with Gasteiger partial charge < -0.3 is 18.9 Å². The third kappa shape index (κ3) is 4.35. The number of nitrogens with one attached hydrogen (secondary N) is 1. The van der Waals surface area contributed by atoms with E-state index in [0.717, 1.165) is 5.56 Å². The molecule has 0 fully saturated rings. The van der Waals surface area contributed by atoms with Gasteiger partial charge in [-0.3, -0.25) is 5.32 Å². The predicted octanol–water partition coefficient (Wildman–Crippen LogP) is 3.26. The fraction of sp³-hybridized carbons (Fsp3) is 0.316. The maximum Gasteiger partial charge on any atom is 0.412 e. The average Bonchev–Trinajstić information content (AvgIpc) is 2.66. The summed E-state index contributed by atoms with van der Waals surface area (Å²) in [4.78, 5) is 28.2. The lowest BCUT2D eigenvalue weighted by molar-refractivity contribution is -0.180. The van der Waals surface area contributed by atoms with Gasteiger partial charge in [-0.05, 0) is 5.56 Å². The summed E-state index contributed by atoms with van der Waals surface area (Å²) in [5.74, 6) is -1.36. The van der Waals surface area contributed by atoms with Crippen LogP contribution in [0.3, 0.4) is 0 Å². The third-order valence-corrected chi connectivity index (χ3v) is 3.88. The Morgan fingerprint density at radius 2 is 2.00 bits per heavy atom. The molecule has 27 heavy (non-hydrogen) atoms. The summed E-state index contributed by atoms with van der Waals surface area (Å²) in [5.41, 5.74) is 1.71. The molecular weight excluding hydrogens is 352 g/mol. The first-order valence-corrected chi connectivity index (χ1v) is 8.30. The molecule has 2 aromatic rings. The summed E-state index contributed by atoms with van der Waals surface area (Å²) in [6.45, 7) is 3.68.